The first-order valence-corrected chi connectivity index (χ1v) is 6.55. The van der Waals surface area contributed by atoms with Crippen molar-refractivity contribution >= 4 is 10.0 Å². The van der Waals surface area contributed by atoms with E-state index in [4.69, 9.17) is 0 Å². The Balaban J connectivity index is 1.91. The van der Waals surface area contributed by atoms with Crippen LogP contribution in [0.2, 0.25) is 0 Å². The molecule has 6 nitrogen and oxygen atoms in total. The number of imidazole rings is 1. The molecule has 0 amide bonds. The molecule has 2 N–H and O–H groups in total. The molecule has 0 unspecified atom stereocenters. The first-order valence-electron chi connectivity index (χ1n) is 5.06. The summed E-state index contributed by atoms with van der Waals surface area (Å²) in [7, 11) is -3.48. The molecule has 2 aromatic heterocycles. The van der Waals surface area contributed by atoms with Crippen molar-refractivity contribution < 1.29 is 8.42 Å². The molecule has 0 aliphatic heterocycles. The molecule has 90 valence electrons. The molecule has 2 heterocycles. The standard InChI is InChI=1S/C10H12N4O2S/c15-17(16,10-7-11-8-13-10)14-6-4-9-3-1-2-5-12-9/h1-3,5,7-8,14H,4,6H2,(H,11,13). The molecule has 2 aromatic rings. The number of aromatic amines is 1. The van der Waals surface area contributed by atoms with Gasteiger partial charge in [-0.05, 0) is 12.1 Å². The highest BCUT2D eigenvalue weighted by Crippen LogP contribution is 2.02. The number of rotatable bonds is 5. The van der Waals surface area contributed by atoms with Gasteiger partial charge in [-0.25, -0.2) is 18.1 Å². The molecular weight excluding hydrogens is 240 g/mol. The molecule has 0 saturated heterocycles. The van der Waals surface area contributed by atoms with E-state index < -0.39 is 10.0 Å². The molecule has 17 heavy (non-hydrogen) atoms. The Morgan fingerprint density at radius 1 is 1.35 bits per heavy atom. The molecule has 0 spiro atoms. The molecule has 0 aliphatic rings. The normalized spacial score (nSPS) is 11.5. The lowest BCUT2D eigenvalue weighted by Gasteiger charge is -2.03. The van der Waals surface area contributed by atoms with Crippen molar-refractivity contribution in [3.05, 3.63) is 42.6 Å². The maximum atomic E-state index is 11.7. The van der Waals surface area contributed by atoms with Gasteiger partial charge in [-0.3, -0.25) is 4.98 Å². The van der Waals surface area contributed by atoms with E-state index in [0.717, 1.165) is 5.69 Å². The number of sulfonamides is 1. The van der Waals surface area contributed by atoms with Crippen LogP contribution in [0.4, 0.5) is 0 Å². The molecule has 0 saturated carbocycles. The zero-order valence-electron chi connectivity index (χ0n) is 9.00. The summed E-state index contributed by atoms with van der Waals surface area (Å²) in [6.45, 7) is 0.304. The van der Waals surface area contributed by atoms with Gasteiger partial charge in [-0.15, -0.1) is 0 Å². The van der Waals surface area contributed by atoms with Crippen LogP contribution in [0.3, 0.4) is 0 Å². The fraction of sp³-hybridized carbons (Fsp3) is 0.200. The topological polar surface area (TPSA) is 87.7 Å². The Bertz CT molecular complexity index is 551. The average molecular weight is 252 g/mol. The maximum absolute atomic E-state index is 11.7. The van der Waals surface area contributed by atoms with Crippen LogP contribution in [0, 0.1) is 0 Å². The van der Waals surface area contributed by atoms with Crippen molar-refractivity contribution in [1.82, 2.24) is 19.7 Å². The van der Waals surface area contributed by atoms with E-state index in [1.165, 1.54) is 12.5 Å². The molecular formula is C10H12N4O2S. The Morgan fingerprint density at radius 2 is 2.24 bits per heavy atom. The second kappa shape index (κ2) is 5.07. The van der Waals surface area contributed by atoms with Gasteiger partial charge >= 0.3 is 0 Å². The van der Waals surface area contributed by atoms with Crippen LogP contribution in [-0.4, -0.2) is 29.9 Å². The van der Waals surface area contributed by atoms with Gasteiger partial charge in [0, 0.05) is 24.9 Å². The highest BCUT2D eigenvalue weighted by Gasteiger charge is 2.14. The van der Waals surface area contributed by atoms with Crippen molar-refractivity contribution in [2.75, 3.05) is 6.54 Å². The van der Waals surface area contributed by atoms with Crippen LogP contribution in [-0.2, 0) is 16.4 Å². The van der Waals surface area contributed by atoms with Gasteiger partial charge in [0.1, 0.15) is 0 Å². The smallest absolute Gasteiger partial charge is 0.257 e. The Labute approximate surface area is 99.2 Å². The van der Waals surface area contributed by atoms with E-state index in [2.05, 4.69) is 19.7 Å². The SMILES string of the molecule is O=S(=O)(NCCc1ccccn1)c1cnc[nH]1. The molecule has 0 fully saturated rings. The summed E-state index contributed by atoms with van der Waals surface area (Å²) in [5.74, 6) is 0. The van der Waals surface area contributed by atoms with Crippen molar-refractivity contribution in [3.63, 3.8) is 0 Å². The quantitative estimate of drug-likeness (QED) is 0.802. The summed E-state index contributed by atoms with van der Waals surface area (Å²) in [4.78, 5) is 10.3. The van der Waals surface area contributed by atoms with Crippen LogP contribution >= 0.6 is 0 Å². The second-order valence-electron chi connectivity index (χ2n) is 3.38. The average Bonchev–Trinajstić information content (AvgIpc) is 2.84. The summed E-state index contributed by atoms with van der Waals surface area (Å²) in [5, 5.41) is 0.0681. The molecule has 0 bridgehead atoms. The van der Waals surface area contributed by atoms with Crippen molar-refractivity contribution in [3.8, 4) is 0 Å². The minimum absolute atomic E-state index is 0.0681. The number of nitrogens with one attached hydrogen (secondary N) is 2. The summed E-state index contributed by atoms with van der Waals surface area (Å²) < 4.78 is 25.8. The van der Waals surface area contributed by atoms with Crippen LogP contribution < -0.4 is 4.72 Å². The van der Waals surface area contributed by atoms with Crippen molar-refractivity contribution in [2.24, 2.45) is 0 Å². The van der Waals surface area contributed by atoms with Crippen molar-refractivity contribution in [2.45, 2.75) is 11.4 Å². The fourth-order valence-electron chi connectivity index (χ4n) is 1.33. The Morgan fingerprint density at radius 3 is 2.88 bits per heavy atom. The van der Waals surface area contributed by atoms with E-state index in [0.29, 0.717) is 13.0 Å². The summed E-state index contributed by atoms with van der Waals surface area (Å²) in [6, 6.07) is 5.54. The molecule has 0 radical (unpaired) electrons. The van der Waals surface area contributed by atoms with E-state index in [1.54, 1.807) is 6.20 Å². The molecule has 0 atom stereocenters. The minimum Gasteiger partial charge on any atom is -0.335 e. The zero-order chi connectivity index (χ0) is 12.1. The number of pyridine rings is 1. The first kappa shape index (κ1) is 11.7. The summed E-state index contributed by atoms with van der Waals surface area (Å²) >= 11 is 0. The van der Waals surface area contributed by atoms with Crippen LogP contribution in [0.1, 0.15) is 5.69 Å². The fourth-order valence-corrected chi connectivity index (χ4v) is 2.26. The van der Waals surface area contributed by atoms with Gasteiger partial charge in [0.15, 0.2) is 5.03 Å². The van der Waals surface area contributed by atoms with Crippen molar-refractivity contribution in [1.29, 1.82) is 0 Å². The maximum Gasteiger partial charge on any atom is 0.257 e. The van der Waals surface area contributed by atoms with E-state index in [-0.39, 0.29) is 5.03 Å². The molecule has 0 aromatic carbocycles. The number of hydrogen-bond acceptors (Lipinski definition) is 4. The number of nitrogens with zero attached hydrogens (tertiary/aromatic N) is 2. The predicted octanol–water partition coefficient (Wildman–Crippen LogP) is 0.326. The van der Waals surface area contributed by atoms with E-state index in [9.17, 15) is 8.42 Å². The van der Waals surface area contributed by atoms with Gasteiger partial charge in [0.05, 0.1) is 12.5 Å². The third kappa shape index (κ3) is 3.11. The monoisotopic (exact) mass is 252 g/mol. The third-order valence-electron chi connectivity index (χ3n) is 2.16. The predicted molar refractivity (Wildman–Crippen MR) is 61.7 cm³/mol. The first-order chi connectivity index (χ1) is 8.18. The zero-order valence-corrected chi connectivity index (χ0v) is 9.81. The lowest BCUT2D eigenvalue weighted by Crippen LogP contribution is -2.26. The van der Waals surface area contributed by atoms with E-state index in [1.807, 2.05) is 18.2 Å². The largest absolute Gasteiger partial charge is 0.335 e. The van der Waals surface area contributed by atoms with Gasteiger partial charge in [-0.1, -0.05) is 6.07 Å². The van der Waals surface area contributed by atoms with Crippen LogP contribution in [0.5, 0.6) is 0 Å². The Kier molecular flexibility index (Phi) is 3.50. The van der Waals surface area contributed by atoms with Gasteiger partial charge in [0.25, 0.3) is 10.0 Å². The van der Waals surface area contributed by atoms with Crippen LogP contribution in [0.25, 0.3) is 0 Å². The van der Waals surface area contributed by atoms with Gasteiger partial charge < -0.3 is 4.98 Å². The number of H-pyrrole nitrogens is 1. The van der Waals surface area contributed by atoms with E-state index >= 15 is 0 Å². The van der Waals surface area contributed by atoms with Crippen LogP contribution in [0.15, 0.2) is 41.9 Å². The second-order valence-corrected chi connectivity index (χ2v) is 5.12. The highest BCUT2D eigenvalue weighted by atomic mass is 32.2. The highest BCUT2D eigenvalue weighted by molar-refractivity contribution is 7.89. The molecule has 7 heteroatoms. The number of aromatic nitrogens is 3. The number of hydrogen-bond donors (Lipinski definition) is 2. The van der Waals surface area contributed by atoms with Gasteiger partial charge in [0.2, 0.25) is 0 Å². The minimum atomic E-state index is -3.48. The summed E-state index contributed by atoms with van der Waals surface area (Å²) in [5.41, 5.74) is 0.847. The van der Waals surface area contributed by atoms with Gasteiger partial charge in [-0.2, -0.15) is 0 Å². The Hall–Kier alpha value is -1.73. The molecule has 2 rings (SSSR count). The summed E-state index contributed by atoms with van der Waals surface area (Å²) in [6.07, 6.45) is 4.82. The lowest BCUT2D eigenvalue weighted by molar-refractivity contribution is 0.578. The third-order valence-corrected chi connectivity index (χ3v) is 3.55. The molecule has 0 aliphatic carbocycles. The lowest BCUT2D eigenvalue weighted by atomic mass is 10.3.